The summed E-state index contributed by atoms with van der Waals surface area (Å²) >= 11 is 8.63. The molecule has 0 aliphatic rings. The molecule has 2 aromatic heterocycles. The standard InChI is InChI=1S/C74H84Br2N2.2C2H5N3O2/c1-5-9-13-17-25-51-35-41-66-61(47-51)62-48-52(26-18-14-10-6-2)36-42-67(62)77(66)45-23-33-56-57-39-40-65(75)71-59-31-21-29-55-30-22-32-60(70(55)59)73(72(57)71)74(76)58(56)34-24-46-78-68-43-37-53(27-19-15-11-7-3)49-63(68)64-50-54(38-44-69(64)78)28-20-16-12-8-4;2*3-1(6)5-2(4)7/h21-22,29-32,35-44,47-50H,5-20,23-28,33-34,45-46H2,1-4H3;2*(H5,3,4,5,6,7). The van der Waals surface area contributed by atoms with E-state index >= 15 is 0 Å². The van der Waals surface area contributed by atoms with Crippen LogP contribution in [0.1, 0.15) is 177 Å². The van der Waals surface area contributed by atoms with Gasteiger partial charge < -0.3 is 32.1 Å². The predicted octanol–water partition coefficient (Wildman–Crippen LogP) is 20.7. The van der Waals surface area contributed by atoms with Crippen LogP contribution in [0.4, 0.5) is 19.2 Å². The molecule has 0 aliphatic carbocycles. The van der Waals surface area contributed by atoms with Gasteiger partial charge in [0.2, 0.25) is 0 Å². The molecule has 2 heterocycles. The van der Waals surface area contributed by atoms with E-state index in [1.807, 2.05) is 0 Å². The number of benzene rings is 9. The molecule has 8 amide bonds. The lowest BCUT2D eigenvalue weighted by Crippen LogP contribution is -2.38. The molecule has 12 nitrogen and oxygen atoms in total. The third-order valence-electron chi connectivity index (χ3n) is 18.4. The first-order valence-electron chi connectivity index (χ1n) is 33.9. The minimum absolute atomic E-state index is 0.937. The van der Waals surface area contributed by atoms with Crippen LogP contribution in [-0.2, 0) is 51.6 Å². The molecule has 0 bridgehead atoms. The number of carbonyl (C=O) groups is 4. The van der Waals surface area contributed by atoms with Gasteiger partial charge in [0.1, 0.15) is 0 Å². The number of imide groups is 2. The number of rotatable bonds is 28. The van der Waals surface area contributed by atoms with Gasteiger partial charge in [0.05, 0.1) is 0 Å². The van der Waals surface area contributed by atoms with Crippen LogP contribution in [0.2, 0.25) is 0 Å². The van der Waals surface area contributed by atoms with Gasteiger partial charge in [-0.3, -0.25) is 10.6 Å². The number of fused-ring (bicyclic) bond motifs is 8. The summed E-state index contributed by atoms with van der Waals surface area (Å²) < 4.78 is 7.80. The highest BCUT2D eigenvalue weighted by atomic mass is 79.9. The number of hydrogen-bond acceptors (Lipinski definition) is 4. The quantitative estimate of drug-likeness (QED) is 0.0161. The van der Waals surface area contributed by atoms with Crippen LogP contribution in [-0.4, -0.2) is 33.3 Å². The van der Waals surface area contributed by atoms with Gasteiger partial charge in [0, 0.05) is 76.4 Å². The molecular weight excluding hydrogens is 1270 g/mol. The lowest BCUT2D eigenvalue weighted by Gasteiger charge is -2.23. The van der Waals surface area contributed by atoms with Crippen LogP contribution in [0.25, 0.3) is 86.7 Å². The molecule has 0 spiro atoms. The van der Waals surface area contributed by atoms with Gasteiger partial charge in [-0.05, 0) is 213 Å². The van der Waals surface area contributed by atoms with Crippen LogP contribution in [0.15, 0.2) is 130 Å². The zero-order valence-corrected chi connectivity index (χ0v) is 57.7. The van der Waals surface area contributed by atoms with Gasteiger partial charge in [-0.1, -0.05) is 187 Å². The monoisotopic (exact) mass is 1360 g/mol. The summed E-state index contributed by atoms with van der Waals surface area (Å²) in [5.41, 5.74) is 32.2. The van der Waals surface area contributed by atoms with E-state index in [9.17, 15) is 19.2 Å². The Balaban J connectivity index is 0.000000643. The van der Waals surface area contributed by atoms with E-state index in [1.165, 1.54) is 232 Å². The summed E-state index contributed by atoms with van der Waals surface area (Å²) in [5.74, 6) is 0. The maximum atomic E-state index is 9.62. The average Bonchev–Trinajstić information content (AvgIpc) is 1.03. The fraction of sp³-hybridized carbons (Fsp3) is 0.385. The Morgan fingerprint density at radius 3 is 1.05 bits per heavy atom. The van der Waals surface area contributed by atoms with Gasteiger partial charge in [0.25, 0.3) is 0 Å². The summed E-state index contributed by atoms with van der Waals surface area (Å²) in [6.07, 6.45) is 29.4. The number of unbranched alkanes of at least 4 members (excludes halogenated alkanes) is 12. The van der Waals surface area contributed by atoms with Crippen LogP contribution >= 0.6 is 31.9 Å². The number of halogens is 2. The molecule has 0 saturated heterocycles. The van der Waals surface area contributed by atoms with Gasteiger partial charge in [-0.2, -0.15) is 0 Å². The second-order valence-corrected chi connectivity index (χ2v) is 26.7. The Hall–Kier alpha value is -7.68. The van der Waals surface area contributed by atoms with Gasteiger partial charge >= 0.3 is 24.1 Å². The Bertz CT molecular complexity index is 4180. The first kappa shape index (κ1) is 68.7. The minimum atomic E-state index is -0.938. The number of carbonyl (C=O) groups excluding carboxylic acids is 4. The van der Waals surface area contributed by atoms with Crippen LogP contribution in [0.5, 0.6) is 0 Å². The first-order chi connectivity index (χ1) is 44.6. The van der Waals surface area contributed by atoms with Crippen molar-refractivity contribution in [3.8, 4) is 0 Å². The molecule has 14 heteroatoms. The fourth-order valence-corrected chi connectivity index (χ4v) is 15.5. The van der Waals surface area contributed by atoms with E-state index in [1.54, 1.807) is 10.6 Å². The van der Waals surface area contributed by atoms with E-state index < -0.39 is 24.1 Å². The zero-order chi connectivity index (χ0) is 65.3. The van der Waals surface area contributed by atoms with Crippen LogP contribution in [0.3, 0.4) is 0 Å². The predicted molar refractivity (Wildman–Crippen MR) is 395 cm³/mol. The number of amides is 8. The van der Waals surface area contributed by atoms with Crippen molar-refractivity contribution in [3.05, 3.63) is 164 Å². The van der Waals surface area contributed by atoms with E-state index in [-0.39, 0.29) is 0 Å². The molecule has 484 valence electrons. The molecule has 10 N–H and O–H groups in total. The van der Waals surface area contributed by atoms with Crippen LogP contribution < -0.4 is 33.6 Å². The van der Waals surface area contributed by atoms with Crippen molar-refractivity contribution in [1.29, 1.82) is 0 Å². The van der Waals surface area contributed by atoms with Crippen molar-refractivity contribution in [3.63, 3.8) is 0 Å². The average molecular weight is 1370 g/mol. The zero-order valence-electron chi connectivity index (χ0n) is 54.5. The topological polar surface area (TPSA) is 206 Å². The van der Waals surface area contributed by atoms with E-state index in [2.05, 4.69) is 213 Å². The van der Waals surface area contributed by atoms with E-state index in [0.717, 1.165) is 64.5 Å². The van der Waals surface area contributed by atoms with E-state index in [4.69, 9.17) is 0 Å². The lowest BCUT2D eigenvalue weighted by atomic mass is 9.84. The van der Waals surface area contributed by atoms with Crippen molar-refractivity contribution in [2.24, 2.45) is 22.9 Å². The molecule has 0 fully saturated rings. The molecule has 92 heavy (non-hydrogen) atoms. The number of primary amides is 4. The second kappa shape index (κ2) is 33.2. The lowest BCUT2D eigenvalue weighted by molar-refractivity contribution is 0.235. The molecule has 0 radical (unpaired) electrons. The van der Waals surface area contributed by atoms with Gasteiger partial charge in [0.15, 0.2) is 0 Å². The number of aryl methyl sites for hydroxylation is 7. The molecule has 0 unspecified atom stereocenters. The number of nitrogens with two attached hydrogens (primary N) is 4. The minimum Gasteiger partial charge on any atom is -0.351 e. The van der Waals surface area contributed by atoms with Crippen molar-refractivity contribution in [2.45, 2.75) is 195 Å². The Kier molecular flexibility index (Phi) is 24.8. The normalized spacial score (nSPS) is 11.5. The molecule has 0 atom stereocenters. The highest BCUT2D eigenvalue weighted by Crippen LogP contribution is 2.49. The molecule has 9 aromatic carbocycles. The third-order valence-corrected chi connectivity index (χ3v) is 19.9. The fourth-order valence-electron chi connectivity index (χ4n) is 14.1. The Morgan fingerprint density at radius 1 is 0.348 bits per heavy atom. The van der Waals surface area contributed by atoms with Crippen molar-refractivity contribution in [2.75, 3.05) is 0 Å². The first-order valence-corrected chi connectivity index (χ1v) is 35.5. The highest BCUT2D eigenvalue weighted by Gasteiger charge is 2.24. The smallest absolute Gasteiger partial charge is 0.320 e. The molecular formula is C78H94Br2N8O4. The van der Waals surface area contributed by atoms with Crippen LogP contribution in [0, 0.1) is 0 Å². The number of nitrogens with one attached hydrogen (secondary N) is 2. The molecule has 11 rings (SSSR count). The maximum absolute atomic E-state index is 9.62. The van der Waals surface area contributed by atoms with Crippen molar-refractivity contribution in [1.82, 2.24) is 19.8 Å². The Morgan fingerprint density at radius 2 is 0.707 bits per heavy atom. The number of hydrogen-bond donors (Lipinski definition) is 6. The largest absolute Gasteiger partial charge is 0.351 e. The number of nitrogens with zero attached hydrogens (tertiary/aromatic N) is 2. The second-order valence-electron chi connectivity index (χ2n) is 25.1. The molecule has 0 saturated carbocycles. The summed E-state index contributed by atoms with van der Waals surface area (Å²) in [6, 6.07) is 44.7. The van der Waals surface area contributed by atoms with Crippen molar-refractivity contribution < 1.29 is 19.2 Å². The van der Waals surface area contributed by atoms with Gasteiger partial charge in [-0.15, -0.1) is 0 Å². The summed E-state index contributed by atoms with van der Waals surface area (Å²) in [6.45, 7) is 11.2. The summed E-state index contributed by atoms with van der Waals surface area (Å²) in [4.78, 5) is 38.5. The number of urea groups is 4. The van der Waals surface area contributed by atoms with Crippen molar-refractivity contribution >= 4 is 143 Å². The third kappa shape index (κ3) is 16.6. The van der Waals surface area contributed by atoms with Gasteiger partial charge in [-0.25, -0.2) is 19.2 Å². The Labute approximate surface area is 559 Å². The molecule has 0 aliphatic heterocycles. The summed E-state index contributed by atoms with van der Waals surface area (Å²) in [5, 5.41) is 19.7. The van der Waals surface area contributed by atoms with E-state index in [0.29, 0.717) is 0 Å². The molecule has 11 aromatic rings. The highest BCUT2D eigenvalue weighted by molar-refractivity contribution is 9.11. The maximum Gasteiger partial charge on any atom is 0.320 e. The SMILES string of the molecule is CCCCCCc1ccc2c(c1)c1cc(CCCCCC)ccc1n2CCCc1c(CCCn2c3ccc(CCCCCC)cc3c3cc(CCCCCC)ccc32)c2ccc(Br)c3c4cccc5cccc(c(c1Br)c23)c54.NC(=O)NC(N)=O.NC(=O)NC(N)=O. The summed E-state index contributed by atoms with van der Waals surface area (Å²) in [7, 11) is 0. The number of aromatic nitrogens is 2.